The first-order valence-corrected chi connectivity index (χ1v) is 3.36. The molecule has 0 amide bonds. The highest BCUT2D eigenvalue weighted by atomic mass is 16.6. The lowest BCUT2D eigenvalue weighted by Crippen LogP contribution is -2.39. The van der Waals surface area contributed by atoms with Crippen LogP contribution in [0.3, 0.4) is 0 Å². The van der Waals surface area contributed by atoms with Gasteiger partial charge in [-0.15, -0.1) is 0 Å². The van der Waals surface area contributed by atoms with E-state index in [1.165, 1.54) is 0 Å². The van der Waals surface area contributed by atoms with Gasteiger partial charge in [-0.25, -0.2) is 0 Å². The Morgan fingerprint density at radius 2 is 1.53 bits per heavy atom. The Labute approximate surface area is 81.5 Å². The summed E-state index contributed by atoms with van der Waals surface area (Å²) < 4.78 is 0. The van der Waals surface area contributed by atoms with Crippen molar-refractivity contribution in [1.82, 2.24) is 0 Å². The molecule has 12 nitrogen and oxygen atoms in total. The number of hydrogen-bond donors (Lipinski definition) is 0. The SMILES string of the molecule is CC([N+](=O)[O-])C(N=[N+]=[N-])(N=[N+]=[N-])N=[N+]=[N-]. The first kappa shape index (κ1) is 12.3. The molecule has 0 saturated heterocycles. The standard InChI is InChI=1S/C3H4N10O2/c1-2(13(14)15)3(7-10-4,8-11-5)9-12-6/h2H,1H3. The maximum atomic E-state index is 10.4. The predicted molar refractivity (Wildman–Crippen MR) is 46.6 cm³/mol. The van der Waals surface area contributed by atoms with E-state index < -0.39 is 16.8 Å². The second kappa shape index (κ2) is 5.14. The lowest BCUT2D eigenvalue weighted by atomic mass is 10.2. The molecular formula is C3H4N10O2. The smallest absolute Gasteiger partial charge is 0.264 e. The minimum Gasteiger partial charge on any atom is -0.264 e. The molecule has 1 unspecified atom stereocenters. The molecule has 0 heterocycles. The van der Waals surface area contributed by atoms with Gasteiger partial charge in [0.1, 0.15) is 0 Å². The minimum atomic E-state index is -2.44. The summed E-state index contributed by atoms with van der Waals surface area (Å²) in [6.45, 7) is 0.984. The topological polar surface area (TPSA) is 189 Å². The summed E-state index contributed by atoms with van der Waals surface area (Å²) in [6.07, 6.45) is 0. The number of nitro groups is 1. The van der Waals surface area contributed by atoms with Crippen LogP contribution in [-0.4, -0.2) is 16.8 Å². The van der Waals surface area contributed by atoms with E-state index in [9.17, 15) is 10.1 Å². The zero-order chi connectivity index (χ0) is 11.9. The fourth-order valence-corrected chi connectivity index (χ4v) is 0.650. The second-order valence-corrected chi connectivity index (χ2v) is 2.22. The average molecular weight is 212 g/mol. The van der Waals surface area contributed by atoms with Crippen LogP contribution in [0.2, 0.25) is 0 Å². The fourth-order valence-electron chi connectivity index (χ4n) is 0.650. The van der Waals surface area contributed by atoms with Gasteiger partial charge in [0.25, 0.3) is 5.79 Å². The third-order valence-corrected chi connectivity index (χ3v) is 1.45. The van der Waals surface area contributed by atoms with Gasteiger partial charge in [-0.05, 0) is 16.6 Å². The van der Waals surface area contributed by atoms with Crippen LogP contribution in [0.1, 0.15) is 6.92 Å². The molecule has 0 aliphatic carbocycles. The summed E-state index contributed by atoms with van der Waals surface area (Å²) >= 11 is 0. The molecule has 0 rings (SSSR count). The van der Waals surface area contributed by atoms with Crippen molar-refractivity contribution in [3.63, 3.8) is 0 Å². The lowest BCUT2D eigenvalue weighted by molar-refractivity contribution is -0.528. The number of nitrogens with zero attached hydrogens (tertiary/aromatic N) is 10. The van der Waals surface area contributed by atoms with E-state index >= 15 is 0 Å². The van der Waals surface area contributed by atoms with E-state index in [4.69, 9.17) is 16.6 Å². The third kappa shape index (κ3) is 2.64. The van der Waals surface area contributed by atoms with Gasteiger partial charge >= 0.3 is 0 Å². The van der Waals surface area contributed by atoms with Crippen LogP contribution in [0.5, 0.6) is 0 Å². The molecule has 0 aromatic rings. The molecule has 0 fully saturated rings. The summed E-state index contributed by atoms with van der Waals surface area (Å²) in [6, 6.07) is -1.67. The van der Waals surface area contributed by atoms with E-state index in [-0.39, 0.29) is 0 Å². The van der Waals surface area contributed by atoms with Gasteiger partial charge in [0, 0.05) is 26.6 Å². The van der Waals surface area contributed by atoms with Gasteiger partial charge in [-0.1, -0.05) is 15.3 Å². The van der Waals surface area contributed by atoms with Gasteiger partial charge in [-0.2, -0.15) is 0 Å². The molecule has 0 aliphatic heterocycles. The number of azide groups is 1. The Morgan fingerprint density at radius 1 is 1.20 bits per heavy atom. The Bertz CT molecular complexity index is 349. The molecule has 15 heavy (non-hydrogen) atoms. The lowest BCUT2D eigenvalue weighted by Gasteiger charge is -2.17. The van der Waals surface area contributed by atoms with Crippen molar-refractivity contribution in [3.8, 4) is 0 Å². The quantitative estimate of drug-likeness (QED) is 0.222. The second-order valence-electron chi connectivity index (χ2n) is 2.22. The normalized spacial score (nSPS) is 14.5. The van der Waals surface area contributed by atoms with Crippen molar-refractivity contribution in [3.05, 3.63) is 41.4 Å². The first-order valence-electron chi connectivity index (χ1n) is 3.36. The van der Waals surface area contributed by atoms with Crippen LogP contribution in [0.15, 0.2) is 15.3 Å². The van der Waals surface area contributed by atoms with Gasteiger partial charge in [0.2, 0.25) is 6.04 Å². The van der Waals surface area contributed by atoms with Crippen molar-refractivity contribution in [2.75, 3.05) is 0 Å². The minimum absolute atomic E-state index is 0.891. The largest absolute Gasteiger partial charge is 0.270 e. The van der Waals surface area contributed by atoms with Crippen molar-refractivity contribution < 1.29 is 4.92 Å². The van der Waals surface area contributed by atoms with E-state index in [1.54, 1.807) is 0 Å². The van der Waals surface area contributed by atoms with Crippen molar-refractivity contribution in [2.45, 2.75) is 18.8 Å². The van der Waals surface area contributed by atoms with Gasteiger partial charge < -0.3 is 0 Å². The maximum Gasteiger partial charge on any atom is 0.270 e. The van der Waals surface area contributed by atoms with E-state index in [2.05, 4.69) is 30.1 Å². The molecule has 0 radical (unpaired) electrons. The zero-order valence-corrected chi connectivity index (χ0v) is 7.37. The Kier molecular flexibility index (Phi) is 4.23. The van der Waals surface area contributed by atoms with Crippen LogP contribution in [0, 0.1) is 10.1 Å². The van der Waals surface area contributed by atoms with Crippen molar-refractivity contribution in [1.29, 1.82) is 0 Å². The molecule has 0 saturated carbocycles. The van der Waals surface area contributed by atoms with Crippen molar-refractivity contribution in [2.24, 2.45) is 15.3 Å². The molecular weight excluding hydrogens is 208 g/mol. The molecule has 0 aromatic heterocycles. The van der Waals surface area contributed by atoms with E-state index in [0.717, 1.165) is 6.92 Å². The number of hydrogen-bond acceptors (Lipinski definition) is 5. The van der Waals surface area contributed by atoms with E-state index in [1.807, 2.05) is 0 Å². The monoisotopic (exact) mass is 212 g/mol. The molecule has 0 aliphatic rings. The maximum absolute atomic E-state index is 10.4. The van der Waals surface area contributed by atoms with Crippen LogP contribution >= 0.6 is 0 Å². The molecule has 1 atom stereocenters. The molecule has 0 N–H and O–H groups in total. The fraction of sp³-hybridized carbons (Fsp3) is 1.00. The van der Waals surface area contributed by atoms with Crippen LogP contribution in [0.4, 0.5) is 0 Å². The summed E-state index contributed by atoms with van der Waals surface area (Å²) in [4.78, 5) is 16.3. The van der Waals surface area contributed by atoms with Crippen LogP contribution < -0.4 is 0 Å². The van der Waals surface area contributed by atoms with Gasteiger partial charge in [0.05, 0.1) is 0 Å². The Morgan fingerprint density at radius 3 is 1.73 bits per heavy atom. The summed E-state index contributed by atoms with van der Waals surface area (Å²) in [5.41, 5.74) is 24.5. The van der Waals surface area contributed by atoms with Gasteiger partial charge in [-0.3, -0.25) is 10.1 Å². The summed E-state index contributed by atoms with van der Waals surface area (Å²) in [5, 5.41) is 19.0. The van der Waals surface area contributed by atoms with Crippen molar-refractivity contribution >= 4 is 0 Å². The summed E-state index contributed by atoms with van der Waals surface area (Å²) in [5.74, 6) is -2.44. The summed E-state index contributed by atoms with van der Waals surface area (Å²) in [7, 11) is 0. The average Bonchev–Trinajstić information content (AvgIpc) is 2.17. The Hall–Kier alpha value is -2.67. The highest BCUT2D eigenvalue weighted by Gasteiger charge is 2.42. The zero-order valence-electron chi connectivity index (χ0n) is 7.37. The number of rotatable bonds is 5. The molecule has 0 spiro atoms. The first-order chi connectivity index (χ1) is 7.04. The van der Waals surface area contributed by atoms with Crippen LogP contribution in [-0.2, 0) is 0 Å². The predicted octanol–water partition coefficient (Wildman–Crippen LogP) is 2.24. The van der Waals surface area contributed by atoms with E-state index in [0.29, 0.717) is 0 Å². The van der Waals surface area contributed by atoms with Gasteiger partial charge in [0.15, 0.2) is 0 Å². The third-order valence-electron chi connectivity index (χ3n) is 1.45. The highest BCUT2D eigenvalue weighted by Crippen LogP contribution is 2.23. The Balaban J connectivity index is 5.69. The highest BCUT2D eigenvalue weighted by molar-refractivity contribution is 4.89. The van der Waals surface area contributed by atoms with Crippen LogP contribution in [0.25, 0.3) is 31.3 Å². The molecule has 12 heteroatoms. The molecule has 78 valence electrons. The molecule has 0 aromatic carbocycles. The molecule has 0 bridgehead atoms.